The van der Waals surface area contributed by atoms with E-state index in [1.807, 2.05) is 11.8 Å². The van der Waals surface area contributed by atoms with Crippen LogP contribution < -0.4 is 16.4 Å². The van der Waals surface area contributed by atoms with Gasteiger partial charge in [-0.3, -0.25) is 4.79 Å². The van der Waals surface area contributed by atoms with Crippen LogP contribution in [0.2, 0.25) is 0 Å². The van der Waals surface area contributed by atoms with Crippen LogP contribution in [0.1, 0.15) is 19.8 Å². The third-order valence-electron chi connectivity index (χ3n) is 1.77. The van der Waals surface area contributed by atoms with Crippen LogP contribution in [0, 0.1) is 0 Å². The summed E-state index contributed by atoms with van der Waals surface area (Å²) in [5, 5.41) is 5.98. The molecule has 1 amide bonds. The number of nitrogens with two attached hydrogens (primary N) is 1. The molecule has 0 unspecified atom stereocenters. The molecule has 0 saturated heterocycles. The third-order valence-corrected chi connectivity index (χ3v) is 2.96. The lowest BCUT2D eigenvalue weighted by atomic mass is 10.4. The maximum atomic E-state index is 11.3. The van der Waals surface area contributed by atoms with Gasteiger partial charge in [-0.15, -0.1) is 0 Å². The smallest absolute Gasteiger partial charge is 0.220 e. The zero-order valence-corrected chi connectivity index (χ0v) is 10.4. The lowest BCUT2D eigenvalue weighted by Gasteiger charge is -2.05. The van der Waals surface area contributed by atoms with E-state index in [0.717, 1.165) is 24.6 Å². The maximum absolute atomic E-state index is 11.3. The quantitative estimate of drug-likeness (QED) is 0.471. The van der Waals surface area contributed by atoms with Crippen molar-refractivity contribution in [3.63, 3.8) is 0 Å². The minimum Gasteiger partial charge on any atom is -0.355 e. The number of nitrogens with one attached hydrogen (secondary N) is 2. The molecule has 4 N–H and O–H groups in total. The van der Waals surface area contributed by atoms with Gasteiger partial charge in [-0.25, -0.2) is 0 Å². The fraction of sp³-hybridized carbons (Fsp3) is 0.900. The van der Waals surface area contributed by atoms with Gasteiger partial charge in [0.05, 0.1) is 0 Å². The highest BCUT2D eigenvalue weighted by molar-refractivity contribution is 7.99. The molecule has 0 bridgehead atoms. The Hall–Kier alpha value is -0.260. The van der Waals surface area contributed by atoms with Crippen LogP contribution in [0.4, 0.5) is 0 Å². The second-order valence-corrected chi connectivity index (χ2v) is 4.48. The summed E-state index contributed by atoms with van der Waals surface area (Å²) in [5.74, 6) is 2.22. The summed E-state index contributed by atoms with van der Waals surface area (Å²) in [6.45, 7) is 5.09. The van der Waals surface area contributed by atoms with Gasteiger partial charge in [-0.2, -0.15) is 11.8 Å². The van der Waals surface area contributed by atoms with Crippen molar-refractivity contribution in [2.24, 2.45) is 5.73 Å². The van der Waals surface area contributed by atoms with Crippen molar-refractivity contribution in [2.75, 3.05) is 37.7 Å². The molecule has 0 radical (unpaired) electrons. The van der Waals surface area contributed by atoms with Gasteiger partial charge in [0.1, 0.15) is 0 Å². The molecule has 0 heterocycles. The molecule has 0 aliphatic heterocycles. The summed E-state index contributed by atoms with van der Waals surface area (Å²) in [6, 6.07) is 0. The third kappa shape index (κ3) is 11.7. The van der Waals surface area contributed by atoms with Gasteiger partial charge in [0.2, 0.25) is 5.91 Å². The van der Waals surface area contributed by atoms with Gasteiger partial charge in [0.25, 0.3) is 0 Å². The molecule has 0 aliphatic carbocycles. The molecule has 0 atom stereocenters. The highest BCUT2D eigenvalue weighted by atomic mass is 32.2. The van der Waals surface area contributed by atoms with Gasteiger partial charge >= 0.3 is 0 Å². The normalized spacial score (nSPS) is 10.3. The van der Waals surface area contributed by atoms with Crippen molar-refractivity contribution < 1.29 is 4.79 Å². The summed E-state index contributed by atoms with van der Waals surface area (Å²) >= 11 is 1.84. The van der Waals surface area contributed by atoms with Crippen LogP contribution in [-0.4, -0.2) is 43.6 Å². The van der Waals surface area contributed by atoms with Gasteiger partial charge in [0, 0.05) is 38.4 Å². The minimum atomic E-state index is 0.146. The maximum Gasteiger partial charge on any atom is 0.220 e. The molecule has 0 aliphatic rings. The zero-order valence-electron chi connectivity index (χ0n) is 9.55. The summed E-state index contributed by atoms with van der Waals surface area (Å²) in [4.78, 5) is 11.3. The SMILES string of the molecule is CCCSCCC(=O)NCCNCCN. The fourth-order valence-electron chi connectivity index (χ4n) is 1.02. The summed E-state index contributed by atoms with van der Waals surface area (Å²) in [7, 11) is 0. The van der Waals surface area contributed by atoms with E-state index < -0.39 is 0 Å². The van der Waals surface area contributed by atoms with E-state index in [9.17, 15) is 4.79 Å². The molecule has 0 rings (SSSR count). The first-order valence-corrected chi connectivity index (χ1v) is 6.72. The van der Waals surface area contributed by atoms with E-state index in [-0.39, 0.29) is 5.91 Å². The van der Waals surface area contributed by atoms with Crippen molar-refractivity contribution in [1.29, 1.82) is 0 Å². The summed E-state index contributed by atoms with van der Waals surface area (Å²) in [5.41, 5.74) is 5.31. The molecule has 4 nitrogen and oxygen atoms in total. The Morgan fingerprint density at radius 2 is 2.07 bits per heavy atom. The largest absolute Gasteiger partial charge is 0.355 e. The molecule has 0 fully saturated rings. The first kappa shape index (κ1) is 14.7. The lowest BCUT2D eigenvalue weighted by Crippen LogP contribution is -2.33. The number of thioether (sulfide) groups is 1. The average molecular weight is 233 g/mol. The van der Waals surface area contributed by atoms with E-state index in [1.165, 1.54) is 6.42 Å². The number of amides is 1. The van der Waals surface area contributed by atoms with Crippen LogP contribution in [0.5, 0.6) is 0 Å². The highest BCUT2D eigenvalue weighted by Gasteiger charge is 1.99. The van der Waals surface area contributed by atoms with Crippen molar-refractivity contribution in [3.05, 3.63) is 0 Å². The van der Waals surface area contributed by atoms with Gasteiger partial charge in [-0.05, 0) is 12.2 Å². The highest BCUT2D eigenvalue weighted by Crippen LogP contribution is 2.03. The molecular formula is C10H23N3OS. The predicted octanol–water partition coefficient (Wildman–Crippen LogP) is 0.184. The van der Waals surface area contributed by atoms with E-state index in [4.69, 9.17) is 5.73 Å². The monoisotopic (exact) mass is 233 g/mol. The number of hydrogen-bond donors (Lipinski definition) is 3. The topological polar surface area (TPSA) is 67.2 Å². The Bertz CT molecular complexity index is 156. The number of hydrogen-bond acceptors (Lipinski definition) is 4. The Kier molecular flexibility index (Phi) is 11.6. The van der Waals surface area contributed by atoms with Crippen LogP contribution in [0.15, 0.2) is 0 Å². The molecule has 90 valence electrons. The van der Waals surface area contributed by atoms with E-state index in [0.29, 0.717) is 19.5 Å². The summed E-state index contributed by atoms with van der Waals surface area (Å²) < 4.78 is 0. The second kappa shape index (κ2) is 11.8. The predicted molar refractivity (Wildman–Crippen MR) is 67.2 cm³/mol. The molecule has 0 aromatic carbocycles. The standard InChI is InChI=1S/C10H23N3OS/c1-2-8-15-9-3-10(14)13-7-6-12-5-4-11/h12H,2-9,11H2,1H3,(H,13,14). The molecule has 0 aromatic heterocycles. The van der Waals surface area contributed by atoms with Crippen LogP contribution in [0.3, 0.4) is 0 Å². The Morgan fingerprint density at radius 3 is 2.73 bits per heavy atom. The average Bonchev–Trinajstić information content (AvgIpc) is 2.24. The Morgan fingerprint density at radius 1 is 1.27 bits per heavy atom. The van der Waals surface area contributed by atoms with Crippen LogP contribution in [-0.2, 0) is 4.79 Å². The Labute approximate surface area is 96.7 Å². The molecule has 0 saturated carbocycles. The molecule has 15 heavy (non-hydrogen) atoms. The summed E-state index contributed by atoms with van der Waals surface area (Å²) in [6.07, 6.45) is 1.80. The van der Waals surface area contributed by atoms with Crippen LogP contribution >= 0.6 is 11.8 Å². The van der Waals surface area contributed by atoms with Crippen molar-refractivity contribution in [3.8, 4) is 0 Å². The first-order valence-electron chi connectivity index (χ1n) is 5.56. The van der Waals surface area contributed by atoms with Gasteiger partial charge in [0.15, 0.2) is 0 Å². The molecule has 0 aromatic rings. The van der Waals surface area contributed by atoms with Gasteiger partial charge < -0.3 is 16.4 Å². The van der Waals surface area contributed by atoms with Crippen molar-refractivity contribution >= 4 is 17.7 Å². The fourth-order valence-corrected chi connectivity index (χ4v) is 1.84. The second-order valence-electron chi connectivity index (χ2n) is 3.25. The molecule has 5 heteroatoms. The lowest BCUT2D eigenvalue weighted by molar-refractivity contribution is -0.120. The minimum absolute atomic E-state index is 0.146. The Balaban J connectivity index is 3.11. The van der Waals surface area contributed by atoms with Crippen molar-refractivity contribution in [1.82, 2.24) is 10.6 Å². The number of carbonyl (C=O) groups excluding carboxylic acids is 1. The number of carbonyl (C=O) groups is 1. The van der Waals surface area contributed by atoms with Gasteiger partial charge in [-0.1, -0.05) is 6.92 Å². The molecule has 0 spiro atoms. The van der Waals surface area contributed by atoms with E-state index >= 15 is 0 Å². The van der Waals surface area contributed by atoms with Crippen LogP contribution in [0.25, 0.3) is 0 Å². The number of rotatable bonds is 10. The zero-order chi connectivity index (χ0) is 11.4. The molecular weight excluding hydrogens is 210 g/mol. The van der Waals surface area contributed by atoms with E-state index in [1.54, 1.807) is 0 Å². The first-order chi connectivity index (χ1) is 7.31. The van der Waals surface area contributed by atoms with E-state index in [2.05, 4.69) is 17.6 Å². The van der Waals surface area contributed by atoms with Crippen molar-refractivity contribution in [2.45, 2.75) is 19.8 Å².